The first-order valence-electron chi connectivity index (χ1n) is 3.40. The summed E-state index contributed by atoms with van der Waals surface area (Å²) in [6, 6.07) is -0.100. The topological polar surface area (TPSA) is 65.2 Å². The number of carbonyl (C=O) groups excluding carboxylic acids is 1. The number of carbonyl (C=O) groups is 1. The van der Waals surface area contributed by atoms with Crippen molar-refractivity contribution in [2.45, 2.75) is 12.3 Å². The minimum atomic E-state index is -0.100. The molecule has 5 nitrogen and oxygen atoms in total. The van der Waals surface area contributed by atoms with Crippen LogP contribution in [0.25, 0.3) is 0 Å². The van der Waals surface area contributed by atoms with Crippen molar-refractivity contribution in [2.75, 3.05) is 13.1 Å². The highest BCUT2D eigenvalue weighted by atomic mass is 16.2. The van der Waals surface area contributed by atoms with Crippen LogP contribution < -0.4 is 21.3 Å². The van der Waals surface area contributed by atoms with Gasteiger partial charge in [0.2, 0.25) is 0 Å². The number of hydrogen-bond donors (Lipinski definition) is 4. The Hall–Kier alpha value is -0.810. The van der Waals surface area contributed by atoms with Crippen LogP contribution in [0.1, 0.15) is 0 Å². The van der Waals surface area contributed by atoms with Gasteiger partial charge >= 0.3 is 6.03 Å². The van der Waals surface area contributed by atoms with Crippen molar-refractivity contribution >= 4 is 6.03 Å². The minimum Gasteiger partial charge on any atom is -0.319 e. The van der Waals surface area contributed by atoms with Crippen molar-refractivity contribution in [3.8, 4) is 0 Å². The van der Waals surface area contributed by atoms with E-state index in [-0.39, 0.29) is 18.4 Å². The molecule has 4 N–H and O–H groups in total. The van der Waals surface area contributed by atoms with Crippen molar-refractivity contribution in [1.82, 2.24) is 21.3 Å². The van der Waals surface area contributed by atoms with E-state index in [1.165, 1.54) is 0 Å². The maximum absolute atomic E-state index is 10.7. The highest BCUT2D eigenvalue weighted by Crippen LogP contribution is 1.97. The first-order valence-corrected chi connectivity index (χ1v) is 3.40. The van der Waals surface area contributed by atoms with Crippen molar-refractivity contribution in [3.05, 3.63) is 0 Å². The molecule has 0 bridgehead atoms. The molecule has 0 aromatic heterocycles. The highest BCUT2D eigenvalue weighted by Gasteiger charge is 2.32. The molecule has 2 saturated heterocycles. The Balaban J connectivity index is 2.04. The van der Waals surface area contributed by atoms with Gasteiger partial charge in [0.05, 0.1) is 0 Å². The zero-order valence-corrected chi connectivity index (χ0v) is 5.48. The van der Waals surface area contributed by atoms with Gasteiger partial charge < -0.3 is 10.6 Å². The smallest absolute Gasteiger partial charge is 0.317 e. The average molecular weight is 142 g/mol. The van der Waals surface area contributed by atoms with E-state index in [0.29, 0.717) is 0 Å². The fourth-order valence-electron chi connectivity index (χ4n) is 1.28. The number of amides is 2. The third-order valence-electron chi connectivity index (χ3n) is 1.76. The lowest BCUT2D eigenvalue weighted by Crippen LogP contribution is -2.59. The van der Waals surface area contributed by atoms with E-state index < -0.39 is 0 Å². The molecule has 0 radical (unpaired) electrons. The summed E-state index contributed by atoms with van der Waals surface area (Å²) in [5, 5.41) is 11.8. The number of nitrogens with one attached hydrogen (secondary N) is 4. The van der Waals surface area contributed by atoms with Crippen LogP contribution >= 0.6 is 0 Å². The van der Waals surface area contributed by atoms with Gasteiger partial charge in [-0.2, -0.15) is 0 Å². The maximum atomic E-state index is 10.7. The molecular weight excluding hydrogens is 132 g/mol. The number of fused-ring (bicyclic) bond motifs is 1. The van der Waals surface area contributed by atoms with E-state index in [1.807, 2.05) is 0 Å². The van der Waals surface area contributed by atoms with Crippen molar-refractivity contribution in [1.29, 1.82) is 0 Å². The van der Waals surface area contributed by atoms with Gasteiger partial charge in [-0.15, -0.1) is 0 Å². The minimum absolute atomic E-state index is 0.0706. The highest BCUT2D eigenvalue weighted by molar-refractivity contribution is 5.77. The summed E-state index contributed by atoms with van der Waals surface area (Å²) < 4.78 is 0. The van der Waals surface area contributed by atoms with Crippen LogP contribution in [0, 0.1) is 0 Å². The molecule has 0 spiro atoms. The number of piperazine rings is 1. The van der Waals surface area contributed by atoms with Gasteiger partial charge in [-0.25, -0.2) is 4.79 Å². The van der Waals surface area contributed by atoms with E-state index in [0.717, 1.165) is 13.1 Å². The van der Waals surface area contributed by atoms with Crippen LogP contribution in [0.15, 0.2) is 0 Å². The molecule has 2 atom stereocenters. The largest absolute Gasteiger partial charge is 0.319 e. The van der Waals surface area contributed by atoms with Crippen LogP contribution in [0.5, 0.6) is 0 Å². The molecule has 0 saturated carbocycles. The van der Waals surface area contributed by atoms with Crippen LogP contribution in [0.4, 0.5) is 4.79 Å². The summed E-state index contributed by atoms with van der Waals surface area (Å²) in [5.41, 5.74) is 0. The van der Waals surface area contributed by atoms with E-state index in [1.54, 1.807) is 0 Å². The molecule has 0 aromatic rings. The Bertz CT molecular complexity index is 144. The van der Waals surface area contributed by atoms with Gasteiger partial charge in [-0.1, -0.05) is 0 Å². The lowest BCUT2D eigenvalue weighted by atomic mass is 10.3. The summed E-state index contributed by atoms with van der Waals surface area (Å²) >= 11 is 0. The summed E-state index contributed by atoms with van der Waals surface area (Å²) in [6.07, 6.45) is 0.141. The van der Waals surface area contributed by atoms with Gasteiger partial charge in [-0.05, 0) is 0 Å². The van der Waals surface area contributed by atoms with E-state index in [9.17, 15) is 4.79 Å². The molecule has 2 rings (SSSR count). The molecule has 2 fully saturated rings. The van der Waals surface area contributed by atoms with E-state index in [2.05, 4.69) is 21.3 Å². The van der Waals surface area contributed by atoms with Crippen LogP contribution in [0.2, 0.25) is 0 Å². The Morgan fingerprint density at radius 2 is 1.60 bits per heavy atom. The average Bonchev–Trinajstić information content (AvgIpc) is 2.27. The quantitative estimate of drug-likeness (QED) is 0.321. The van der Waals surface area contributed by atoms with Crippen LogP contribution in [-0.4, -0.2) is 31.5 Å². The van der Waals surface area contributed by atoms with Crippen LogP contribution in [-0.2, 0) is 0 Å². The predicted octanol–water partition coefficient (Wildman–Crippen LogP) is -1.86. The molecule has 5 heteroatoms. The fraction of sp³-hybridized carbons (Fsp3) is 0.800. The summed E-state index contributed by atoms with van der Waals surface area (Å²) in [6.45, 7) is 1.81. The zero-order valence-electron chi connectivity index (χ0n) is 5.48. The molecule has 2 amide bonds. The molecule has 10 heavy (non-hydrogen) atoms. The Morgan fingerprint density at radius 1 is 1.10 bits per heavy atom. The molecule has 0 aromatic carbocycles. The molecule has 0 aliphatic carbocycles. The summed E-state index contributed by atoms with van der Waals surface area (Å²) in [7, 11) is 0. The lowest BCUT2D eigenvalue weighted by Gasteiger charge is -2.25. The number of hydrogen-bond acceptors (Lipinski definition) is 3. The summed E-state index contributed by atoms with van der Waals surface area (Å²) in [5.74, 6) is 0. The van der Waals surface area contributed by atoms with Gasteiger partial charge in [0.15, 0.2) is 0 Å². The Morgan fingerprint density at radius 3 is 2.10 bits per heavy atom. The predicted molar refractivity (Wildman–Crippen MR) is 35.2 cm³/mol. The molecule has 2 heterocycles. The normalized spacial score (nSPS) is 38.2. The van der Waals surface area contributed by atoms with E-state index in [4.69, 9.17) is 0 Å². The maximum Gasteiger partial charge on any atom is 0.317 e. The second-order valence-electron chi connectivity index (χ2n) is 2.48. The molecule has 0 unspecified atom stereocenters. The standard InChI is InChI=1S/C5H10N4O/c10-5-8-3-4(9-5)7-2-1-6-3/h3-4,6-7H,1-2H2,(H2,8,9,10)/t3-,4-/m1/s1. The summed E-state index contributed by atoms with van der Waals surface area (Å²) in [4.78, 5) is 10.7. The van der Waals surface area contributed by atoms with Gasteiger partial charge in [0, 0.05) is 13.1 Å². The molecule has 2 aliphatic rings. The SMILES string of the molecule is O=C1N[C@H]2NCCN[C@@H]2N1. The van der Waals surface area contributed by atoms with Crippen molar-refractivity contribution < 1.29 is 4.79 Å². The molecule has 2 aliphatic heterocycles. The lowest BCUT2D eigenvalue weighted by molar-refractivity contribution is 0.246. The van der Waals surface area contributed by atoms with Crippen molar-refractivity contribution in [2.24, 2.45) is 0 Å². The Kier molecular flexibility index (Phi) is 1.25. The fourth-order valence-corrected chi connectivity index (χ4v) is 1.28. The zero-order chi connectivity index (χ0) is 6.97. The molecular formula is C5H10N4O. The van der Waals surface area contributed by atoms with Crippen molar-refractivity contribution in [3.63, 3.8) is 0 Å². The van der Waals surface area contributed by atoms with Crippen LogP contribution in [0.3, 0.4) is 0 Å². The second kappa shape index (κ2) is 2.10. The van der Waals surface area contributed by atoms with E-state index >= 15 is 0 Å². The number of rotatable bonds is 0. The van der Waals surface area contributed by atoms with Gasteiger partial charge in [-0.3, -0.25) is 10.6 Å². The van der Waals surface area contributed by atoms with Gasteiger partial charge in [0.1, 0.15) is 12.3 Å². The Labute approximate surface area is 58.5 Å². The number of urea groups is 1. The first-order chi connectivity index (χ1) is 4.86. The monoisotopic (exact) mass is 142 g/mol. The third kappa shape index (κ3) is 0.833. The third-order valence-corrected chi connectivity index (χ3v) is 1.76. The van der Waals surface area contributed by atoms with Gasteiger partial charge in [0.25, 0.3) is 0 Å². The molecule has 56 valence electrons. The first kappa shape index (κ1) is 5.94. The second-order valence-corrected chi connectivity index (χ2v) is 2.48.